The van der Waals surface area contributed by atoms with E-state index in [1.165, 1.54) is 16.8 Å². The van der Waals surface area contributed by atoms with Gasteiger partial charge >= 0.3 is 0 Å². The molecule has 0 bridgehead atoms. The summed E-state index contributed by atoms with van der Waals surface area (Å²) in [6.45, 7) is 0. The Balaban J connectivity index is 1.58. The quantitative estimate of drug-likeness (QED) is 0.245. The normalized spacial score (nSPS) is 11.0. The predicted molar refractivity (Wildman–Crippen MR) is 139 cm³/mol. The largest absolute Gasteiger partial charge is 0.279 e. The number of nitro groups is 1. The number of rotatable bonds is 5. The topological polar surface area (TPSA) is 108 Å². The Hall–Kier alpha value is -5.44. The van der Waals surface area contributed by atoms with Crippen LogP contribution in [0.2, 0.25) is 0 Å². The van der Waals surface area contributed by atoms with Crippen LogP contribution in [-0.4, -0.2) is 29.3 Å². The molecule has 0 aliphatic rings. The van der Waals surface area contributed by atoms with Crippen molar-refractivity contribution in [3.05, 3.63) is 130 Å². The van der Waals surface area contributed by atoms with Crippen LogP contribution >= 0.6 is 0 Å². The van der Waals surface area contributed by atoms with Crippen LogP contribution in [0.5, 0.6) is 0 Å². The summed E-state index contributed by atoms with van der Waals surface area (Å²) in [7, 11) is 0. The summed E-state index contributed by atoms with van der Waals surface area (Å²) in [4.78, 5) is 28.7. The molecule has 0 unspecified atom stereocenters. The summed E-state index contributed by atoms with van der Waals surface area (Å²) in [5, 5.41) is 20.6. The van der Waals surface area contributed by atoms with Crippen molar-refractivity contribution in [2.24, 2.45) is 0 Å². The Bertz CT molecular complexity index is 1810. The molecule has 0 saturated heterocycles. The molecule has 0 amide bonds. The van der Waals surface area contributed by atoms with Crippen molar-refractivity contribution in [2.75, 3.05) is 0 Å². The first-order valence-corrected chi connectivity index (χ1v) is 11.4. The summed E-state index contributed by atoms with van der Waals surface area (Å²) in [5.41, 5.74) is 4.55. The minimum atomic E-state index is -0.472. The van der Waals surface area contributed by atoms with Gasteiger partial charge in [0, 0.05) is 30.0 Å². The van der Waals surface area contributed by atoms with Crippen molar-refractivity contribution in [1.82, 2.24) is 24.4 Å². The minimum absolute atomic E-state index is 0.0535. The van der Waals surface area contributed by atoms with Gasteiger partial charge in [0.05, 0.1) is 27.6 Å². The minimum Gasteiger partial charge on any atom is -0.267 e. The highest BCUT2D eigenvalue weighted by atomic mass is 16.6. The number of para-hydroxylation sites is 1. The van der Waals surface area contributed by atoms with Gasteiger partial charge in [0.25, 0.3) is 11.2 Å². The van der Waals surface area contributed by atoms with Crippen LogP contribution in [0, 0.1) is 10.1 Å². The summed E-state index contributed by atoms with van der Waals surface area (Å²) < 4.78 is 3.03. The number of fused-ring (bicyclic) bond motifs is 1. The standard InChI is InChI=1S/C28H18N6O3/c35-28-23(19-11-13-22(14-12-19)34(36)37)17-25(31-32(28)21-9-5-2-6-10-21)26-15-16-29-27-18-24(30-33(26)27)20-7-3-1-4-8-20/h1-18H. The Morgan fingerprint density at radius 2 is 1.43 bits per heavy atom. The molecule has 0 atom stereocenters. The van der Waals surface area contributed by atoms with E-state index in [0.717, 1.165) is 11.3 Å². The van der Waals surface area contributed by atoms with Crippen LogP contribution in [0.25, 0.3) is 45.1 Å². The lowest BCUT2D eigenvalue weighted by Gasteiger charge is -2.12. The Labute approximate surface area is 210 Å². The van der Waals surface area contributed by atoms with Gasteiger partial charge in [-0.2, -0.15) is 14.9 Å². The number of nitrogens with zero attached hydrogens (tertiary/aromatic N) is 6. The van der Waals surface area contributed by atoms with Gasteiger partial charge in [0.1, 0.15) is 5.69 Å². The zero-order chi connectivity index (χ0) is 25.4. The fourth-order valence-corrected chi connectivity index (χ4v) is 4.17. The molecule has 3 heterocycles. The molecule has 0 radical (unpaired) electrons. The van der Waals surface area contributed by atoms with Crippen LogP contribution in [0.1, 0.15) is 0 Å². The van der Waals surface area contributed by atoms with Gasteiger partial charge in [-0.15, -0.1) is 0 Å². The smallest absolute Gasteiger partial charge is 0.267 e. The van der Waals surface area contributed by atoms with E-state index in [1.54, 1.807) is 47.1 Å². The monoisotopic (exact) mass is 486 g/mol. The van der Waals surface area contributed by atoms with Crippen molar-refractivity contribution in [2.45, 2.75) is 0 Å². The van der Waals surface area contributed by atoms with Gasteiger partial charge in [-0.1, -0.05) is 48.5 Å². The van der Waals surface area contributed by atoms with Crippen molar-refractivity contribution in [3.63, 3.8) is 0 Å². The molecule has 6 aromatic rings. The van der Waals surface area contributed by atoms with E-state index >= 15 is 0 Å². The second kappa shape index (κ2) is 8.97. The highest BCUT2D eigenvalue weighted by Crippen LogP contribution is 2.26. The molecule has 0 aliphatic carbocycles. The van der Waals surface area contributed by atoms with Crippen LogP contribution in [0.15, 0.2) is 114 Å². The first-order chi connectivity index (χ1) is 18.1. The third kappa shape index (κ3) is 4.04. The van der Waals surface area contributed by atoms with Crippen molar-refractivity contribution in [1.29, 1.82) is 0 Å². The molecule has 3 aromatic heterocycles. The molecular formula is C28H18N6O3. The van der Waals surface area contributed by atoms with Crippen molar-refractivity contribution in [3.8, 4) is 39.5 Å². The molecule has 9 heteroatoms. The van der Waals surface area contributed by atoms with Gasteiger partial charge in [-0.05, 0) is 42.0 Å². The summed E-state index contributed by atoms with van der Waals surface area (Å²) in [5.74, 6) is 0. The van der Waals surface area contributed by atoms with Gasteiger partial charge in [0.15, 0.2) is 5.65 Å². The number of benzene rings is 3. The molecule has 178 valence electrons. The predicted octanol–water partition coefficient (Wildman–Crippen LogP) is 5.18. The van der Waals surface area contributed by atoms with E-state index in [-0.39, 0.29) is 11.2 Å². The van der Waals surface area contributed by atoms with E-state index in [9.17, 15) is 14.9 Å². The molecule has 0 N–H and O–H groups in total. The third-order valence-corrected chi connectivity index (χ3v) is 5.99. The van der Waals surface area contributed by atoms with Crippen molar-refractivity contribution < 1.29 is 4.92 Å². The zero-order valence-corrected chi connectivity index (χ0v) is 19.3. The van der Waals surface area contributed by atoms with Crippen molar-refractivity contribution >= 4 is 11.3 Å². The SMILES string of the molecule is O=c1c(-c2ccc([N+](=O)[O-])cc2)cc(-c2ccnc3cc(-c4ccccc4)nn23)nn1-c1ccccc1. The van der Waals surface area contributed by atoms with Gasteiger partial charge in [0.2, 0.25) is 0 Å². The van der Waals surface area contributed by atoms with E-state index in [0.29, 0.717) is 33.8 Å². The molecule has 0 aliphatic heterocycles. The lowest BCUT2D eigenvalue weighted by Crippen LogP contribution is -2.23. The number of aromatic nitrogens is 5. The number of non-ortho nitro benzene ring substituents is 1. The lowest BCUT2D eigenvalue weighted by atomic mass is 10.1. The van der Waals surface area contributed by atoms with Gasteiger partial charge < -0.3 is 0 Å². The molecule has 9 nitrogen and oxygen atoms in total. The van der Waals surface area contributed by atoms with Crippen LogP contribution in [0.3, 0.4) is 0 Å². The van der Waals surface area contributed by atoms with E-state index in [1.807, 2.05) is 54.6 Å². The molecule has 0 spiro atoms. The van der Waals surface area contributed by atoms with Gasteiger partial charge in [-0.25, -0.2) is 9.50 Å². The summed E-state index contributed by atoms with van der Waals surface area (Å²) in [6.07, 6.45) is 1.67. The Morgan fingerprint density at radius 3 is 2.14 bits per heavy atom. The molecule has 0 fully saturated rings. The average molecular weight is 486 g/mol. The number of nitro benzene ring substituents is 1. The maximum absolute atomic E-state index is 13.6. The maximum atomic E-state index is 13.6. The second-order valence-electron chi connectivity index (χ2n) is 8.30. The second-order valence-corrected chi connectivity index (χ2v) is 8.30. The highest BCUT2D eigenvalue weighted by molar-refractivity contribution is 5.71. The lowest BCUT2D eigenvalue weighted by molar-refractivity contribution is -0.384. The summed E-state index contributed by atoms with van der Waals surface area (Å²) in [6, 6.07) is 30.1. The van der Waals surface area contributed by atoms with Gasteiger partial charge in [-0.3, -0.25) is 14.9 Å². The van der Waals surface area contributed by atoms with E-state index < -0.39 is 4.92 Å². The van der Waals surface area contributed by atoms with E-state index in [4.69, 9.17) is 5.10 Å². The zero-order valence-electron chi connectivity index (χ0n) is 19.3. The molecule has 37 heavy (non-hydrogen) atoms. The number of hydrogen-bond acceptors (Lipinski definition) is 6. The Morgan fingerprint density at radius 1 is 0.730 bits per heavy atom. The average Bonchev–Trinajstić information content (AvgIpc) is 3.39. The fourth-order valence-electron chi connectivity index (χ4n) is 4.17. The highest BCUT2D eigenvalue weighted by Gasteiger charge is 2.17. The first kappa shape index (κ1) is 22.1. The summed E-state index contributed by atoms with van der Waals surface area (Å²) >= 11 is 0. The third-order valence-electron chi connectivity index (χ3n) is 5.99. The van der Waals surface area contributed by atoms with E-state index in [2.05, 4.69) is 10.1 Å². The van der Waals surface area contributed by atoms with Crippen LogP contribution < -0.4 is 5.56 Å². The Kier molecular flexibility index (Phi) is 5.35. The fraction of sp³-hybridized carbons (Fsp3) is 0. The molecular weight excluding hydrogens is 468 g/mol. The number of hydrogen-bond donors (Lipinski definition) is 0. The first-order valence-electron chi connectivity index (χ1n) is 11.4. The molecule has 3 aromatic carbocycles. The maximum Gasteiger partial charge on any atom is 0.279 e. The van der Waals surface area contributed by atoms with Crippen LogP contribution in [0.4, 0.5) is 5.69 Å². The van der Waals surface area contributed by atoms with Crippen LogP contribution in [-0.2, 0) is 0 Å². The molecule has 6 rings (SSSR count). The molecule has 0 saturated carbocycles.